The molecular weight excluding hydrogens is 170 g/mol. The standard InChI is InChI=1S/C9H13NO3/c1-12-8-5-6(9(10)13-2)3-4-7(8)11/h3-5,9,11H,10H2,1-2H3. The Hall–Kier alpha value is -1.26. The summed E-state index contributed by atoms with van der Waals surface area (Å²) in [5, 5.41) is 9.28. The summed E-state index contributed by atoms with van der Waals surface area (Å²) in [5.74, 6) is 0.486. The highest BCUT2D eigenvalue weighted by atomic mass is 16.5. The van der Waals surface area contributed by atoms with Gasteiger partial charge in [0, 0.05) is 7.11 Å². The highest BCUT2D eigenvalue weighted by molar-refractivity contribution is 5.42. The lowest BCUT2D eigenvalue weighted by Crippen LogP contribution is -2.11. The van der Waals surface area contributed by atoms with E-state index in [1.807, 2.05) is 0 Å². The van der Waals surface area contributed by atoms with Gasteiger partial charge in [-0.1, -0.05) is 6.07 Å². The number of ether oxygens (including phenoxy) is 2. The molecule has 1 aromatic rings. The van der Waals surface area contributed by atoms with E-state index in [0.717, 1.165) is 5.56 Å². The molecule has 0 aliphatic rings. The van der Waals surface area contributed by atoms with Crippen LogP contribution in [0.3, 0.4) is 0 Å². The molecule has 0 saturated carbocycles. The summed E-state index contributed by atoms with van der Waals surface area (Å²) >= 11 is 0. The molecule has 1 unspecified atom stereocenters. The molecule has 0 saturated heterocycles. The first-order valence-corrected chi connectivity index (χ1v) is 3.84. The first-order valence-electron chi connectivity index (χ1n) is 3.84. The predicted octanol–water partition coefficient (Wildman–Crippen LogP) is 1.00. The molecule has 1 aromatic carbocycles. The minimum atomic E-state index is -0.491. The Kier molecular flexibility index (Phi) is 3.11. The molecule has 4 heteroatoms. The summed E-state index contributed by atoms with van der Waals surface area (Å²) in [7, 11) is 3.00. The molecule has 0 aliphatic heterocycles. The third-order valence-corrected chi connectivity index (χ3v) is 1.79. The van der Waals surface area contributed by atoms with Crippen LogP contribution in [-0.4, -0.2) is 19.3 Å². The summed E-state index contributed by atoms with van der Waals surface area (Å²) in [6, 6.07) is 4.85. The van der Waals surface area contributed by atoms with Crippen molar-refractivity contribution in [2.24, 2.45) is 5.73 Å². The molecule has 0 aliphatic carbocycles. The Balaban J connectivity index is 2.99. The summed E-state index contributed by atoms with van der Waals surface area (Å²) in [5.41, 5.74) is 6.37. The smallest absolute Gasteiger partial charge is 0.160 e. The maximum absolute atomic E-state index is 9.28. The summed E-state index contributed by atoms with van der Waals surface area (Å²) in [6.45, 7) is 0. The quantitative estimate of drug-likeness (QED) is 0.686. The molecule has 0 heterocycles. The third-order valence-electron chi connectivity index (χ3n) is 1.79. The molecule has 0 fully saturated rings. The molecule has 1 atom stereocenters. The molecule has 0 aromatic heterocycles. The van der Waals surface area contributed by atoms with Crippen LogP contribution in [0.25, 0.3) is 0 Å². The van der Waals surface area contributed by atoms with Gasteiger partial charge in [0.25, 0.3) is 0 Å². The van der Waals surface area contributed by atoms with Gasteiger partial charge in [0.05, 0.1) is 7.11 Å². The van der Waals surface area contributed by atoms with E-state index in [0.29, 0.717) is 5.75 Å². The van der Waals surface area contributed by atoms with Crippen LogP contribution in [0.5, 0.6) is 11.5 Å². The molecule has 0 radical (unpaired) electrons. The first kappa shape index (κ1) is 9.83. The number of phenolic OH excluding ortho intramolecular Hbond substituents is 1. The highest BCUT2D eigenvalue weighted by Gasteiger charge is 2.07. The lowest BCUT2D eigenvalue weighted by atomic mass is 10.2. The molecule has 72 valence electrons. The number of methoxy groups -OCH3 is 2. The van der Waals surface area contributed by atoms with Gasteiger partial charge in [-0.25, -0.2) is 0 Å². The lowest BCUT2D eigenvalue weighted by Gasteiger charge is -2.11. The molecule has 1 rings (SSSR count). The van der Waals surface area contributed by atoms with Gasteiger partial charge in [-0.2, -0.15) is 0 Å². The van der Waals surface area contributed by atoms with Gasteiger partial charge in [0.2, 0.25) is 0 Å². The maximum Gasteiger partial charge on any atom is 0.160 e. The molecule has 0 bridgehead atoms. The first-order chi connectivity index (χ1) is 6.19. The van der Waals surface area contributed by atoms with Crippen molar-refractivity contribution >= 4 is 0 Å². The van der Waals surface area contributed by atoms with Crippen LogP contribution in [0.2, 0.25) is 0 Å². The van der Waals surface area contributed by atoms with E-state index in [9.17, 15) is 5.11 Å². The van der Waals surface area contributed by atoms with Crippen LogP contribution in [0.4, 0.5) is 0 Å². The van der Waals surface area contributed by atoms with Crippen LogP contribution in [0.15, 0.2) is 18.2 Å². The summed E-state index contributed by atoms with van der Waals surface area (Å²) < 4.78 is 9.84. The Morgan fingerprint density at radius 1 is 1.38 bits per heavy atom. The van der Waals surface area contributed by atoms with Crippen LogP contribution >= 0.6 is 0 Å². The zero-order valence-corrected chi connectivity index (χ0v) is 7.65. The van der Waals surface area contributed by atoms with Gasteiger partial charge in [-0.15, -0.1) is 0 Å². The Morgan fingerprint density at radius 3 is 2.62 bits per heavy atom. The molecular formula is C9H13NO3. The number of aromatic hydroxyl groups is 1. The van der Waals surface area contributed by atoms with E-state index in [2.05, 4.69) is 0 Å². The van der Waals surface area contributed by atoms with E-state index in [1.54, 1.807) is 12.1 Å². The summed E-state index contributed by atoms with van der Waals surface area (Å²) in [6.07, 6.45) is -0.491. The minimum absolute atomic E-state index is 0.0922. The van der Waals surface area contributed by atoms with E-state index in [4.69, 9.17) is 15.2 Å². The highest BCUT2D eigenvalue weighted by Crippen LogP contribution is 2.28. The average molecular weight is 183 g/mol. The lowest BCUT2D eigenvalue weighted by molar-refractivity contribution is 0.109. The minimum Gasteiger partial charge on any atom is -0.504 e. The largest absolute Gasteiger partial charge is 0.504 e. The van der Waals surface area contributed by atoms with Crippen molar-refractivity contribution in [1.82, 2.24) is 0 Å². The van der Waals surface area contributed by atoms with Crippen molar-refractivity contribution in [3.63, 3.8) is 0 Å². The van der Waals surface area contributed by atoms with Crippen LogP contribution in [0.1, 0.15) is 11.8 Å². The number of phenols is 1. The van der Waals surface area contributed by atoms with Crippen molar-refractivity contribution in [3.8, 4) is 11.5 Å². The zero-order valence-electron chi connectivity index (χ0n) is 7.65. The topological polar surface area (TPSA) is 64.7 Å². The number of benzene rings is 1. The predicted molar refractivity (Wildman–Crippen MR) is 48.6 cm³/mol. The monoisotopic (exact) mass is 183 g/mol. The van der Waals surface area contributed by atoms with Gasteiger partial charge >= 0.3 is 0 Å². The number of hydrogen-bond acceptors (Lipinski definition) is 4. The fourth-order valence-corrected chi connectivity index (χ4v) is 1.01. The number of hydrogen-bond donors (Lipinski definition) is 2. The average Bonchev–Trinajstić information content (AvgIpc) is 2.17. The van der Waals surface area contributed by atoms with E-state index < -0.39 is 6.23 Å². The Labute approximate surface area is 76.9 Å². The summed E-state index contributed by atoms with van der Waals surface area (Å²) in [4.78, 5) is 0. The fourth-order valence-electron chi connectivity index (χ4n) is 1.01. The molecule has 0 spiro atoms. The molecule has 13 heavy (non-hydrogen) atoms. The maximum atomic E-state index is 9.28. The fraction of sp³-hybridized carbons (Fsp3) is 0.333. The Morgan fingerprint density at radius 2 is 2.08 bits per heavy atom. The van der Waals surface area contributed by atoms with Gasteiger partial charge < -0.3 is 20.3 Å². The zero-order chi connectivity index (χ0) is 9.84. The van der Waals surface area contributed by atoms with Crippen molar-refractivity contribution in [1.29, 1.82) is 0 Å². The molecule has 3 N–H and O–H groups in total. The number of rotatable bonds is 3. The van der Waals surface area contributed by atoms with Crippen molar-refractivity contribution < 1.29 is 14.6 Å². The van der Waals surface area contributed by atoms with Crippen molar-refractivity contribution in [2.75, 3.05) is 14.2 Å². The van der Waals surface area contributed by atoms with E-state index >= 15 is 0 Å². The Bertz CT molecular complexity index is 288. The van der Waals surface area contributed by atoms with E-state index in [1.165, 1.54) is 20.3 Å². The van der Waals surface area contributed by atoms with Crippen LogP contribution in [-0.2, 0) is 4.74 Å². The van der Waals surface area contributed by atoms with Crippen molar-refractivity contribution in [2.45, 2.75) is 6.23 Å². The van der Waals surface area contributed by atoms with Gasteiger partial charge in [0.1, 0.15) is 6.23 Å². The number of nitrogens with two attached hydrogens (primary N) is 1. The second-order valence-corrected chi connectivity index (χ2v) is 2.59. The van der Waals surface area contributed by atoms with Gasteiger partial charge in [-0.05, 0) is 17.7 Å². The normalized spacial score (nSPS) is 12.5. The van der Waals surface area contributed by atoms with Crippen molar-refractivity contribution in [3.05, 3.63) is 23.8 Å². The SMILES string of the molecule is COc1cc(C(N)OC)ccc1O. The molecule has 4 nitrogen and oxygen atoms in total. The van der Waals surface area contributed by atoms with Gasteiger partial charge in [0.15, 0.2) is 11.5 Å². The second-order valence-electron chi connectivity index (χ2n) is 2.59. The third kappa shape index (κ3) is 2.11. The second kappa shape index (κ2) is 4.11. The molecule has 0 amide bonds. The van der Waals surface area contributed by atoms with Crippen LogP contribution in [0, 0.1) is 0 Å². The van der Waals surface area contributed by atoms with Crippen LogP contribution < -0.4 is 10.5 Å². The van der Waals surface area contributed by atoms with E-state index in [-0.39, 0.29) is 5.75 Å². The van der Waals surface area contributed by atoms with Gasteiger partial charge in [-0.3, -0.25) is 0 Å².